The lowest BCUT2D eigenvalue weighted by molar-refractivity contribution is -0.141. The molecule has 2 saturated heterocycles. The number of carbonyl (C=O) groups excluding carboxylic acids is 3. The van der Waals surface area contributed by atoms with Gasteiger partial charge in [0, 0.05) is 30.4 Å². The van der Waals surface area contributed by atoms with E-state index in [1.54, 1.807) is 4.90 Å². The van der Waals surface area contributed by atoms with E-state index in [-0.39, 0.29) is 30.2 Å². The molecule has 5 rings (SSSR count). The fraction of sp³-hybridized carbons (Fsp3) is 0.483. The molecular weight excluding hydrogens is 452 g/mol. The Bertz CT molecular complexity index is 1130. The van der Waals surface area contributed by atoms with E-state index in [4.69, 9.17) is 0 Å². The monoisotopic (exact) mass is 488 g/mol. The summed E-state index contributed by atoms with van der Waals surface area (Å²) in [7, 11) is 0. The summed E-state index contributed by atoms with van der Waals surface area (Å²) in [6.07, 6.45) is 5.39. The van der Waals surface area contributed by atoms with Gasteiger partial charge in [-0.1, -0.05) is 37.1 Å². The van der Waals surface area contributed by atoms with Crippen molar-refractivity contribution in [3.05, 3.63) is 59.7 Å². The van der Waals surface area contributed by atoms with Gasteiger partial charge in [0.2, 0.25) is 11.8 Å². The minimum Gasteiger partial charge on any atom is -0.342 e. The Morgan fingerprint density at radius 2 is 1.67 bits per heavy atom. The minimum absolute atomic E-state index is 0.00155. The second-order valence-electron chi connectivity index (χ2n) is 10.6. The van der Waals surface area contributed by atoms with Gasteiger partial charge in [-0.25, -0.2) is 0 Å². The molecule has 2 heterocycles. The molecule has 3 amide bonds. The van der Waals surface area contributed by atoms with Crippen molar-refractivity contribution >= 4 is 29.1 Å². The van der Waals surface area contributed by atoms with Crippen LogP contribution < -0.4 is 10.2 Å². The number of hydrogen-bond acceptors (Lipinski definition) is 4. The van der Waals surface area contributed by atoms with Crippen LogP contribution in [0.1, 0.15) is 49.7 Å². The third kappa shape index (κ3) is 4.59. The first-order chi connectivity index (χ1) is 17.4. The van der Waals surface area contributed by atoms with Crippen molar-refractivity contribution in [3.8, 4) is 0 Å². The Hall–Kier alpha value is -3.35. The van der Waals surface area contributed by atoms with Crippen LogP contribution in [0.4, 0.5) is 11.4 Å². The Balaban J connectivity index is 1.32. The van der Waals surface area contributed by atoms with E-state index in [0.29, 0.717) is 32.6 Å². The summed E-state index contributed by atoms with van der Waals surface area (Å²) >= 11 is 0. The van der Waals surface area contributed by atoms with Gasteiger partial charge < -0.3 is 20.0 Å². The molecule has 2 aromatic rings. The molecule has 0 bridgehead atoms. The SMILES string of the molecule is Cc1ccc(NC(=O)CN2CN(c3ccccc3)C3(CCN(C(=O)C4CCCC4)CC3)C2=O)cc1C. The number of aryl methyl sites for hydroxylation is 2. The molecule has 36 heavy (non-hydrogen) atoms. The van der Waals surface area contributed by atoms with E-state index in [0.717, 1.165) is 42.6 Å². The van der Waals surface area contributed by atoms with Crippen molar-refractivity contribution in [1.29, 1.82) is 0 Å². The van der Waals surface area contributed by atoms with Crippen molar-refractivity contribution in [2.75, 3.05) is 36.5 Å². The summed E-state index contributed by atoms with van der Waals surface area (Å²) in [5, 5.41) is 2.95. The Labute approximate surface area is 213 Å². The molecule has 3 aliphatic rings. The van der Waals surface area contributed by atoms with Gasteiger partial charge in [0.25, 0.3) is 5.91 Å². The number of nitrogens with one attached hydrogen (secondary N) is 1. The molecule has 190 valence electrons. The number of likely N-dealkylation sites (tertiary alicyclic amines) is 1. The highest BCUT2D eigenvalue weighted by molar-refractivity contribution is 5.99. The molecule has 1 spiro atoms. The largest absolute Gasteiger partial charge is 0.342 e. The van der Waals surface area contributed by atoms with Crippen molar-refractivity contribution in [2.24, 2.45) is 5.92 Å². The lowest BCUT2D eigenvalue weighted by Crippen LogP contribution is -2.58. The van der Waals surface area contributed by atoms with E-state index in [1.165, 1.54) is 5.56 Å². The zero-order valence-corrected chi connectivity index (χ0v) is 21.3. The summed E-state index contributed by atoms with van der Waals surface area (Å²) in [5.41, 5.74) is 3.26. The normalized spacial score (nSPS) is 19.8. The molecule has 0 aromatic heterocycles. The molecule has 0 unspecified atom stereocenters. The van der Waals surface area contributed by atoms with Gasteiger partial charge in [0.15, 0.2) is 0 Å². The van der Waals surface area contributed by atoms with Gasteiger partial charge in [-0.3, -0.25) is 14.4 Å². The number of anilines is 2. The molecule has 3 fully saturated rings. The summed E-state index contributed by atoms with van der Waals surface area (Å²) < 4.78 is 0. The van der Waals surface area contributed by atoms with Crippen molar-refractivity contribution in [3.63, 3.8) is 0 Å². The van der Waals surface area contributed by atoms with Gasteiger partial charge in [0.05, 0.1) is 6.67 Å². The molecule has 1 aliphatic carbocycles. The molecule has 2 aromatic carbocycles. The van der Waals surface area contributed by atoms with Crippen LogP contribution in [0.15, 0.2) is 48.5 Å². The highest BCUT2D eigenvalue weighted by atomic mass is 16.2. The molecule has 0 atom stereocenters. The summed E-state index contributed by atoms with van der Waals surface area (Å²) in [6, 6.07) is 15.8. The van der Waals surface area contributed by atoms with Crippen LogP contribution in [0.3, 0.4) is 0 Å². The van der Waals surface area contributed by atoms with Crippen LogP contribution in [0.2, 0.25) is 0 Å². The van der Waals surface area contributed by atoms with Crippen LogP contribution in [0.5, 0.6) is 0 Å². The number of carbonyl (C=O) groups is 3. The zero-order chi connectivity index (χ0) is 25.3. The Morgan fingerprint density at radius 1 is 0.972 bits per heavy atom. The summed E-state index contributed by atoms with van der Waals surface area (Å²) in [4.78, 5) is 45.6. The topological polar surface area (TPSA) is 73.0 Å². The number of para-hydroxylation sites is 1. The van der Waals surface area contributed by atoms with E-state index >= 15 is 0 Å². The molecule has 0 radical (unpaired) electrons. The highest BCUT2D eigenvalue weighted by Gasteiger charge is 2.54. The highest BCUT2D eigenvalue weighted by Crippen LogP contribution is 2.40. The maximum Gasteiger partial charge on any atom is 0.250 e. The Morgan fingerprint density at radius 3 is 2.33 bits per heavy atom. The third-order valence-electron chi connectivity index (χ3n) is 8.31. The van der Waals surface area contributed by atoms with Crippen LogP contribution in [-0.2, 0) is 14.4 Å². The van der Waals surface area contributed by atoms with Crippen LogP contribution in [0.25, 0.3) is 0 Å². The smallest absolute Gasteiger partial charge is 0.250 e. The maximum absolute atomic E-state index is 13.9. The number of nitrogens with zero attached hydrogens (tertiary/aromatic N) is 3. The fourth-order valence-electron chi connectivity index (χ4n) is 6.04. The second-order valence-corrected chi connectivity index (χ2v) is 10.6. The lowest BCUT2D eigenvalue weighted by Gasteiger charge is -2.43. The van der Waals surface area contributed by atoms with Crippen LogP contribution in [-0.4, -0.2) is 59.4 Å². The van der Waals surface area contributed by atoms with Gasteiger partial charge in [-0.15, -0.1) is 0 Å². The Kier molecular flexibility index (Phi) is 6.73. The zero-order valence-electron chi connectivity index (χ0n) is 21.3. The minimum atomic E-state index is -0.728. The first-order valence-corrected chi connectivity index (χ1v) is 13.2. The fourth-order valence-corrected chi connectivity index (χ4v) is 6.04. The van der Waals surface area contributed by atoms with E-state index in [2.05, 4.69) is 10.2 Å². The average Bonchev–Trinajstić information content (AvgIpc) is 3.51. The van der Waals surface area contributed by atoms with Gasteiger partial charge in [0.1, 0.15) is 12.1 Å². The number of amides is 3. The standard InChI is InChI=1S/C29H36N4O3/c1-21-12-13-24(18-22(21)2)30-26(34)19-32-20-33(25-10-4-3-5-11-25)29(28(32)36)14-16-31(17-15-29)27(35)23-8-6-7-9-23/h3-5,10-13,18,23H,6-9,14-17,19-20H2,1-2H3,(H,30,34). The predicted octanol–water partition coefficient (Wildman–Crippen LogP) is 4.10. The quantitative estimate of drug-likeness (QED) is 0.688. The molecular formula is C29H36N4O3. The maximum atomic E-state index is 13.9. The summed E-state index contributed by atoms with van der Waals surface area (Å²) in [5.74, 6) is 0.179. The molecule has 1 N–H and O–H groups in total. The van der Waals surface area contributed by atoms with Crippen LogP contribution >= 0.6 is 0 Å². The number of rotatable bonds is 5. The van der Waals surface area contributed by atoms with E-state index in [1.807, 2.05) is 67.3 Å². The van der Waals surface area contributed by atoms with E-state index in [9.17, 15) is 14.4 Å². The third-order valence-corrected chi connectivity index (χ3v) is 8.31. The predicted molar refractivity (Wildman–Crippen MR) is 141 cm³/mol. The second kappa shape index (κ2) is 9.96. The molecule has 7 nitrogen and oxygen atoms in total. The van der Waals surface area contributed by atoms with E-state index < -0.39 is 5.54 Å². The van der Waals surface area contributed by atoms with Crippen LogP contribution in [0, 0.1) is 19.8 Å². The number of hydrogen-bond donors (Lipinski definition) is 1. The summed E-state index contributed by atoms with van der Waals surface area (Å²) in [6.45, 7) is 5.57. The van der Waals surface area contributed by atoms with Crippen molar-refractivity contribution < 1.29 is 14.4 Å². The first-order valence-electron chi connectivity index (χ1n) is 13.2. The molecule has 2 aliphatic heterocycles. The molecule has 1 saturated carbocycles. The van der Waals surface area contributed by atoms with Crippen molar-refractivity contribution in [2.45, 2.75) is 57.9 Å². The average molecular weight is 489 g/mol. The van der Waals surface area contributed by atoms with Gasteiger partial charge in [-0.05, 0) is 74.9 Å². The van der Waals surface area contributed by atoms with Gasteiger partial charge >= 0.3 is 0 Å². The number of benzene rings is 2. The molecule has 7 heteroatoms. The lowest BCUT2D eigenvalue weighted by atomic mass is 9.85. The first kappa shape index (κ1) is 24.3. The van der Waals surface area contributed by atoms with Gasteiger partial charge in [-0.2, -0.15) is 0 Å². The number of piperidine rings is 1. The van der Waals surface area contributed by atoms with Crippen molar-refractivity contribution in [1.82, 2.24) is 9.80 Å².